The van der Waals surface area contributed by atoms with Crippen LogP contribution in [0.15, 0.2) is 22.7 Å². The Bertz CT molecular complexity index is 506. The minimum atomic E-state index is -0.226. The van der Waals surface area contributed by atoms with Crippen molar-refractivity contribution in [3.05, 3.63) is 28.2 Å². The fourth-order valence-corrected chi connectivity index (χ4v) is 3.02. The van der Waals surface area contributed by atoms with Gasteiger partial charge in [0, 0.05) is 28.8 Å². The van der Waals surface area contributed by atoms with Crippen molar-refractivity contribution in [2.24, 2.45) is 17.4 Å². The third-order valence-electron chi connectivity index (χ3n) is 3.17. The predicted molar refractivity (Wildman–Crippen MR) is 79.5 cm³/mol. The zero-order valence-corrected chi connectivity index (χ0v) is 12.1. The lowest BCUT2D eigenvalue weighted by atomic mass is 10.1. The highest BCUT2D eigenvalue weighted by Crippen LogP contribution is 2.28. The molecule has 0 bridgehead atoms. The molecule has 1 aliphatic heterocycles. The van der Waals surface area contributed by atoms with E-state index in [1.165, 1.54) is 0 Å². The highest BCUT2D eigenvalue weighted by Gasteiger charge is 2.26. The zero-order chi connectivity index (χ0) is 13.3. The lowest BCUT2D eigenvalue weighted by Crippen LogP contribution is -2.27. The van der Waals surface area contributed by atoms with Crippen LogP contribution in [-0.2, 0) is 4.79 Å². The average molecular weight is 328 g/mol. The molecule has 4 nitrogen and oxygen atoms in total. The van der Waals surface area contributed by atoms with Crippen LogP contribution in [0.4, 0.5) is 5.69 Å². The van der Waals surface area contributed by atoms with E-state index in [4.69, 9.17) is 23.7 Å². The van der Waals surface area contributed by atoms with Gasteiger partial charge < -0.3 is 16.4 Å². The number of amides is 1. The molecular formula is C12H14BrN3OS. The van der Waals surface area contributed by atoms with Gasteiger partial charge in [0.25, 0.3) is 0 Å². The number of carbonyl (C=O) groups is 1. The molecule has 0 saturated carbocycles. The maximum absolute atomic E-state index is 11.1. The quantitative estimate of drug-likeness (QED) is 0.823. The lowest BCUT2D eigenvalue weighted by Gasteiger charge is -2.19. The minimum Gasteiger partial charge on any atom is -0.389 e. The summed E-state index contributed by atoms with van der Waals surface area (Å²) < 4.78 is 0.870. The maximum Gasteiger partial charge on any atom is 0.222 e. The molecule has 0 aliphatic carbocycles. The molecule has 1 saturated heterocycles. The van der Waals surface area contributed by atoms with Gasteiger partial charge in [-0.05, 0) is 40.5 Å². The monoisotopic (exact) mass is 327 g/mol. The number of hydrogen-bond acceptors (Lipinski definition) is 3. The summed E-state index contributed by atoms with van der Waals surface area (Å²) in [6.07, 6.45) is 0.810. The number of nitrogens with zero attached hydrogens (tertiary/aromatic N) is 1. The molecule has 1 aromatic carbocycles. The van der Waals surface area contributed by atoms with E-state index in [0.29, 0.717) is 11.5 Å². The van der Waals surface area contributed by atoms with E-state index >= 15 is 0 Å². The number of rotatable bonds is 3. The van der Waals surface area contributed by atoms with Gasteiger partial charge in [0.1, 0.15) is 4.99 Å². The number of nitrogens with two attached hydrogens (primary N) is 2. The Kier molecular flexibility index (Phi) is 3.87. The molecule has 1 atom stereocenters. The molecular weight excluding hydrogens is 314 g/mol. The summed E-state index contributed by atoms with van der Waals surface area (Å²) in [7, 11) is 0. The van der Waals surface area contributed by atoms with Gasteiger partial charge in [-0.1, -0.05) is 12.2 Å². The summed E-state index contributed by atoms with van der Waals surface area (Å²) in [4.78, 5) is 13.6. The normalized spacial score (nSPS) is 18.9. The second-order valence-electron chi connectivity index (χ2n) is 4.36. The minimum absolute atomic E-state index is 0.0564. The summed E-state index contributed by atoms with van der Waals surface area (Å²) in [5, 5.41) is 0. The van der Waals surface area contributed by atoms with Crippen LogP contribution < -0.4 is 16.4 Å². The summed E-state index contributed by atoms with van der Waals surface area (Å²) in [5.41, 5.74) is 12.8. The number of halogens is 1. The third-order valence-corrected chi connectivity index (χ3v) is 4.05. The van der Waals surface area contributed by atoms with Crippen molar-refractivity contribution in [2.45, 2.75) is 6.42 Å². The van der Waals surface area contributed by atoms with E-state index in [-0.39, 0.29) is 11.8 Å². The number of primary amides is 1. The van der Waals surface area contributed by atoms with E-state index in [1.54, 1.807) is 0 Å². The predicted octanol–water partition coefficient (Wildman–Crippen LogP) is 1.39. The Balaban J connectivity index is 2.18. The van der Waals surface area contributed by atoms with Gasteiger partial charge in [0.15, 0.2) is 0 Å². The highest BCUT2D eigenvalue weighted by atomic mass is 79.9. The Morgan fingerprint density at radius 2 is 2.17 bits per heavy atom. The van der Waals surface area contributed by atoms with E-state index in [2.05, 4.69) is 20.8 Å². The zero-order valence-electron chi connectivity index (χ0n) is 9.73. The Hall–Kier alpha value is -1.14. The molecule has 1 heterocycles. The summed E-state index contributed by atoms with van der Waals surface area (Å²) in [6, 6.07) is 5.82. The largest absolute Gasteiger partial charge is 0.389 e. The van der Waals surface area contributed by atoms with Crippen LogP contribution in [0.25, 0.3) is 0 Å². The maximum atomic E-state index is 11.1. The van der Waals surface area contributed by atoms with Crippen LogP contribution in [0.1, 0.15) is 12.0 Å². The molecule has 0 spiro atoms. The topological polar surface area (TPSA) is 72.4 Å². The molecule has 1 unspecified atom stereocenters. The van der Waals surface area contributed by atoms with Gasteiger partial charge in [-0.25, -0.2) is 0 Å². The van der Waals surface area contributed by atoms with Gasteiger partial charge in [-0.15, -0.1) is 0 Å². The SMILES string of the molecule is NC(=O)C1CCN(c2ccc(C(N)=S)c(Br)c2)C1. The van der Waals surface area contributed by atoms with E-state index < -0.39 is 0 Å². The lowest BCUT2D eigenvalue weighted by molar-refractivity contribution is -0.121. The Morgan fingerprint density at radius 3 is 2.67 bits per heavy atom. The molecule has 96 valence electrons. The molecule has 1 fully saturated rings. The standard InChI is InChI=1S/C12H14BrN3OS/c13-10-5-8(1-2-9(10)12(15)18)16-4-3-7(6-16)11(14)17/h1-2,5,7H,3-4,6H2,(H2,14,17)(H2,15,18). The number of carbonyl (C=O) groups excluding carboxylic acids is 1. The van der Waals surface area contributed by atoms with Gasteiger partial charge in [0.05, 0.1) is 5.92 Å². The van der Waals surface area contributed by atoms with E-state index in [9.17, 15) is 4.79 Å². The molecule has 0 aromatic heterocycles. The first-order valence-electron chi connectivity index (χ1n) is 5.62. The second-order valence-corrected chi connectivity index (χ2v) is 5.66. The molecule has 18 heavy (non-hydrogen) atoms. The van der Waals surface area contributed by atoms with Gasteiger partial charge in [-0.2, -0.15) is 0 Å². The van der Waals surface area contributed by atoms with Gasteiger partial charge in [0.2, 0.25) is 5.91 Å². The van der Waals surface area contributed by atoms with Crippen LogP contribution in [0.5, 0.6) is 0 Å². The highest BCUT2D eigenvalue weighted by molar-refractivity contribution is 9.10. The number of benzene rings is 1. The van der Waals surface area contributed by atoms with E-state index in [0.717, 1.165) is 28.7 Å². The van der Waals surface area contributed by atoms with Crippen molar-refractivity contribution < 1.29 is 4.79 Å². The van der Waals surface area contributed by atoms with Gasteiger partial charge >= 0.3 is 0 Å². The van der Waals surface area contributed by atoms with E-state index in [1.807, 2.05) is 18.2 Å². The summed E-state index contributed by atoms with van der Waals surface area (Å²) in [5.74, 6) is -0.282. The summed E-state index contributed by atoms with van der Waals surface area (Å²) >= 11 is 8.41. The molecule has 1 aliphatic rings. The van der Waals surface area contributed by atoms with Crippen LogP contribution in [0, 0.1) is 5.92 Å². The third kappa shape index (κ3) is 2.64. The first-order valence-corrected chi connectivity index (χ1v) is 6.83. The molecule has 2 rings (SSSR count). The number of hydrogen-bond donors (Lipinski definition) is 2. The molecule has 4 N–H and O–H groups in total. The van der Waals surface area contributed by atoms with Crippen molar-refractivity contribution in [2.75, 3.05) is 18.0 Å². The van der Waals surface area contributed by atoms with Crippen LogP contribution in [0.3, 0.4) is 0 Å². The Morgan fingerprint density at radius 1 is 1.44 bits per heavy atom. The van der Waals surface area contributed by atoms with Crippen molar-refractivity contribution in [3.8, 4) is 0 Å². The van der Waals surface area contributed by atoms with Crippen molar-refractivity contribution in [1.82, 2.24) is 0 Å². The smallest absolute Gasteiger partial charge is 0.222 e. The van der Waals surface area contributed by atoms with Gasteiger partial charge in [-0.3, -0.25) is 4.79 Å². The van der Waals surface area contributed by atoms with Crippen molar-refractivity contribution >= 4 is 44.7 Å². The molecule has 0 radical (unpaired) electrons. The number of anilines is 1. The van der Waals surface area contributed by atoms with Crippen molar-refractivity contribution in [3.63, 3.8) is 0 Å². The number of thiocarbonyl (C=S) groups is 1. The molecule has 1 aromatic rings. The first kappa shape index (κ1) is 13.3. The molecule has 6 heteroatoms. The fraction of sp³-hybridized carbons (Fsp3) is 0.333. The van der Waals surface area contributed by atoms with Crippen LogP contribution in [-0.4, -0.2) is 24.0 Å². The molecule has 1 amide bonds. The fourth-order valence-electron chi connectivity index (χ4n) is 2.13. The van der Waals surface area contributed by atoms with Crippen LogP contribution >= 0.6 is 28.1 Å². The summed E-state index contributed by atoms with van der Waals surface area (Å²) in [6.45, 7) is 1.51. The Labute approximate surface area is 119 Å². The first-order chi connectivity index (χ1) is 8.49. The second kappa shape index (κ2) is 5.24. The van der Waals surface area contributed by atoms with Crippen molar-refractivity contribution in [1.29, 1.82) is 0 Å². The van der Waals surface area contributed by atoms with Crippen LogP contribution in [0.2, 0.25) is 0 Å². The average Bonchev–Trinajstić information content (AvgIpc) is 2.77.